The summed E-state index contributed by atoms with van der Waals surface area (Å²) in [5, 5.41) is 5.54. The summed E-state index contributed by atoms with van der Waals surface area (Å²) >= 11 is 4.79. The number of thiophene rings is 2. The lowest BCUT2D eigenvalue weighted by Gasteiger charge is -2.12. The van der Waals surface area contributed by atoms with E-state index in [0.717, 1.165) is 51.0 Å². The van der Waals surface area contributed by atoms with E-state index in [2.05, 4.69) is 6.58 Å². The molecule has 130 valence electrons. The van der Waals surface area contributed by atoms with Gasteiger partial charge in [0, 0.05) is 34.7 Å². The van der Waals surface area contributed by atoms with Gasteiger partial charge in [0.15, 0.2) is 5.16 Å². The first kappa shape index (κ1) is 17.0. The van der Waals surface area contributed by atoms with Gasteiger partial charge in [-0.1, -0.05) is 23.9 Å². The lowest BCUT2D eigenvalue weighted by Crippen LogP contribution is -2.23. The summed E-state index contributed by atoms with van der Waals surface area (Å²) in [4.78, 5) is 19.9. The number of ether oxygens (including phenoxy) is 1. The Hall–Kier alpha value is -1.41. The Morgan fingerprint density at radius 1 is 1.48 bits per heavy atom. The maximum absolute atomic E-state index is 13.2. The summed E-state index contributed by atoms with van der Waals surface area (Å²) in [7, 11) is 0. The average molecular weight is 391 g/mol. The van der Waals surface area contributed by atoms with E-state index in [-0.39, 0.29) is 11.7 Å². The van der Waals surface area contributed by atoms with Crippen LogP contribution in [0.1, 0.15) is 12.8 Å². The minimum Gasteiger partial charge on any atom is -0.377 e. The molecule has 25 heavy (non-hydrogen) atoms. The van der Waals surface area contributed by atoms with Crippen LogP contribution in [0.2, 0.25) is 0 Å². The Balaban J connectivity index is 1.76. The summed E-state index contributed by atoms with van der Waals surface area (Å²) in [6.45, 7) is 5.11. The van der Waals surface area contributed by atoms with Crippen LogP contribution >= 0.6 is 34.4 Å². The molecule has 7 heteroatoms. The topological polar surface area (TPSA) is 44.1 Å². The molecule has 3 aromatic heterocycles. The number of hydrogen-bond donors (Lipinski definition) is 0. The summed E-state index contributed by atoms with van der Waals surface area (Å²) in [5.41, 5.74) is 1.00. The van der Waals surface area contributed by atoms with Gasteiger partial charge in [0.05, 0.1) is 11.5 Å². The Labute approximate surface area is 158 Å². The van der Waals surface area contributed by atoms with Crippen molar-refractivity contribution < 1.29 is 4.74 Å². The van der Waals surface area contributed by atoms with E-state index in [4.69, 9.17) is 9.72 Å². The van der Waals surface area contributed by atoms with Crippen molar-refractivity contribution in [3.8, 4) is 10.4 Å². The van der Waals surface area contributed by atoms with Crippen molar-refractivity contribution >= 4 is 44.7 Å². The molecule has 0 unspecified atom stereocenters. The van der Waals surface area contributed by atoms with Gasteiger partial charge in [0.2, 0.25) is 0 Å². The van der Waals surface area contributed by atoms with Crippen molar-refractivity contribution in [2.45, 2.75) is 30.6 Å². The number of aromatic nitrogens is 2. The molecule has 0 aromatic carbocycles. The highest BCUT2D eigenvalue weighted by atomic mass is 32.2. The summed E-state index contributed by atoms with van der Waals surface area (Å²) in [5.74, 6) is 0.832. The molecule has 1 atom stereocenters. The predicted molar refractivity (Wildman–Crippen MR) is 107 cm³/mol. The minimum absolute atomic E-state index is 0.0180. The van der Waals surface area contributed by atoms with Crippen LogP contribution in [0.5, 0.6) is 0 Å². The molecule has 0 bridgehead atoms. The van der Waals surface area contributed by atoms with E-state index in [1.54, 1.807) is 33.7 Å². The van der Waals surface area contributed by atoms with Gasteiger partial charge in [-0.25, -0.2) is 4.98 Å². The number of fused-ring (bicyclic) bond motifs is 1. The third-order valence-electron chi connectivity index (χ3n) is 4.18. The van der Waals surface area contributed by atoms with Gasteiger partial charge in [-0.05, 0) is 24.3 Å². The summed E-state index contributed by atoms with van der Waals surface area (Å²) in [6, 6.07) is 4.05. The van der Waals surface area contributed by atoms with Crippen molar-refractivity contribution in [3.63, 3.8) is 0 Å². The van der Waals surface area contributed by atoms with Crippen LogP contribution in [0.15, 0.2) is 45.5 Å². The first-order chi connectivity index (χ1) is 12.3. The molecule has 0 spiro atoms. The fourth-order valence-electron chi connectivity index (χ4n) is 2.96. The van der Waals surface area contributed by atoms with Crippen molar-refractivity contribution in [2.75, 3.05) is 12.4 Å². The van der Waals surface area contributed by atoms with Crippen molar-refractivity contribution in [2.24, 2.45) is 0 Å². The molecular formula is C18H18N2O2S3. The van der Waals surface area contributed by atoms with Crippen molar-refractivity contribution in [3.05, 3.63) is 45.9 Å². The molecule has 4 rings (SSSR count). The average Bonchev–Trinajstić information content (AvgIpc) is 3.36. The molecule has 0 amide bonds. The second-order valence-electron chi connectivity index (χ2n) is 5.85. The first-order valence-corrected chi connectivity index (χ1v) is 10.9. The molecule has 1 aliphatic rings. The number of hydrogen-bond acceptors (Lipinski definition) is 6. The maximum atomic E-state index is 13.2. The Morgan fingerprint density at radius 3 is 3.12 bits per heavy atom. The van der Waals surface area contributed by atoms with Crippen LogP contribution in [0, 0.1) is 0 Å². The lowest BCUT2D eigenvalue weighted by atomic mass is 10.2. The molecule has 1 aliphatic heterocycles. The molecule has 0 saturated carbocycles. The zero-order valence-corrected chi connectivity index (χ0v) is 16.1. The van der Waals surface area contributed by atoms with E-state index in [1.807, 2.05) is 22.9 Å². The van der Waals surface area contributed by atoms with Gasteiger partial charge < -0.3 is 4.74 Å². The van der Waals surface area contributed by atoms with Crippen molar-refractivity contribution in [1.29, 1.82) is 0 Å². The normalized spacial score (nSPS) is 17.4. The first-order valence-electron chi connectivity index (χ1n) is 8.19. The lowest BCUT2D eigenvalue weighted by molar-refractivity contribution is 0.129. The van der Waals surface area contributed by atoms with Gasteiger partial charge in [-0.2, -0.15) is 0 Å². The van der Waals surface area contributed by atoms with Gasteiger partial charge in [0.25, 0.3) is 5.56 Å². The standard InChI is InChI=1S/C18H18N2O2S3/c1-2-7-20-17(21)15-13(14-6-4-9-23-14)11-24-16(15)19-18(20)25-10-12-5-3-8-22-12/h2,4,6,9,11-12H,1,3,5,7-8,10H2/t12-/m1/s1. The van der Waals surface area contributed by atoms with E-state index in [0.29, 0.717) is 6.54 Å². The van der Waals surface area contributed by atoms with Crippen molar-refractivity contribution in [1.82, 2.24) is 9.55 Å². The quantitative estimate of drug-likeness (QED) is 0.349. The third-order valence-corrected chi connectivity index (χ3v) is 7.06. The minimum atomic E-state index is 0.0180. The van der Waals surface area contributed by atoms with Crippen LogP contribution < -0.4 is 5.56 Å². The molecule has 1 fully saturated rings. The zero-order chi connectivity index (χ0) is 17.2. The maximum Gasteiger partial charge on any atom is 0.263 e. The molecular weight excluding hydrogens is 372 g/mol. The molecule has 4 heterocycles. The van der Waals surface area contributed by atoms with E-state index in [1.165, 1.54) is 11.3 Å². The predicted octanol–water partition coefficient (Wildman–Crippen LogP) is 4.64. The van der Waals surface area contributed by atoms with E-state index < -0.39 is 0 Å². The molecule has 3 aromatic rings. The van der Waals surface area contributed by atoms with Crippen LogP contribution in [0.25, 0.3) is 20.7 Å². The number of thioether (sulfide) groups is 1. The van der Waals surface area contributed by atoms with Crippen LogP contribution in [0.3, 0.4) is 0 Å². The fourth-order valence-corrected chi connectivity index (χ4v) is 5.84. The smallest absolute Gasteiger partial charge is 0.263 e. The molecule has 1 saturated heterocycles. The Bertz CT molecular complexity index is 937. The van der Waals surface area contributed by atoms with Gasteiger partial charge >= 0.3 is 0 Å². The van der Waals surface area contributed by atoms with Gasteiger partial charge in [-0.3, -0.25) is 9.36 Å². The van der Waals surface area contributed by atoms with Crippen LogP contribution in [-0.2, 0) is 11.3 Å². The van der Waals surface area contributed by atoms with E-state index >= 15 is 0 Å². The molecule has 0 aliphatic carbocycles. The zero-order valence-electron chi connectivity index (χ0n) is 13.6. The highest BCUT2D eigenvalue weighted by molar-refractivity contribution is 7.99. The second kappa shape index (κ2) is 7.45. The highest BCUT2D eigenvalue weighted by Crippen LogP contribution is 2.34. The third kappa shape index (κ3) is 3.33. The number of allylic oxidation sites excluding steroid dienone is 1. The van der Waals surface area contributed by atoms with Gasteiger partial charge in [-0.15, -0.1) is 29.3 Å². The summed E-state index contributed by atoms with van der Waals surface area (Å²) < 4.78 is 7.43. The van der Waals surface area contributed by atoms with Crippen LogP contribution in [0.4, 0.5) is 0 Å². The molecule has 4 nitrogen and oxygen atoms in total. The van der Waals surface area contributed by atoms with Gasteiger partial charge in [0.1, 0.15) is 4.83 Å². The fraction of sp³-hybridized carbons (Fsp3) is 0.333. The Kier molecular flexibility index (Phi) is 5.08. The van der Waals surface area contributed by atoms with Crippen LogP contribution in [-0.4, -0.2) is 28.0 Å². The highest BCUT2D eigenvalue weighted by Gasteiger charge is 2.20. The largest absolute Gasteiger partial charge is 0.377 e. The number of rotatable bonds is 6. The second-order valence-corrected chi connectivity index (χ2v) is 8.64. The Morgan fingerprint density at radius 2 is 2.40 bits per heavy atom. The summed E-state index contributed by atoms with van der Waals surface area (Å²) in [6.07, 6.45) is 4.22. The SMILES string of the molecule is C=CCn1c(SC[C@H]2CCCO2)nc2scc(-c3cccs3)c2c1=O. The monoisotopic (exact) mass is 390 g/mol. The van der Waals surface area contributed by atoms with E-state index in [9.17, 15) is 4.79 Å². The molecule has 0 radical (unpaired) electrons. The number of nitrogens with zero attached hydrogens (tertiary/aromatic N) is 2. The molecule has 0 N–H and O–H groups in total.